The second-order valence-electron chi connectivity index (χ2n) is 8.23. The fraction of sp³-hybridized carbons (Fsp3) is 0.400. The van der Waals surface area contributed by atoms with Crippen molar-refractivity contribution in [3.8, 4) is 0 Å². The molecule has 4 N–H and O–H groups in total. The van der Waals surface area contributed by atoms with Crippen LogP contribution in [-0.4, -0.2) is 24.3 Å². The zero-order valence-electron chi connectivity index (χ0n) is 18.8. The number of anilines is 4. The Morgan fingerprint density at radius 1 is 0.875 bits per heavy atom. The maximum Gasteiger partial charge on any atom is 0.243 e. The molecule has 0 bridgehead atoms. The Labute approximate surface area is 189 Å². The summed E-state index contributed by atoms with van der Waals surface area (Å²) in [4.78, 5) is 36.5. The van der Waals surface area contributed by atoms with E-state index >= 15 is 0 Å². The van der Waals surface area contributed by atoms with Crippen molar-refractivity contribution in [2.24, 2.45) is 5.92 Å². The molecule has 1 saturated carbocycles. The van der Waals surface area contributed by atoms with Crippen molar-refractivity contribution >= 4 is 40.5 Å². The minimum absolute atomic E-state index is 0.00234. The third kappa shape index (κ3) is 7.11. The number of benzene rings is 2. The van der Waals surface area contributed by atoms with Gasteiger partial charge in [0.1, 0.15) is 0 Å². The standard InChI is InChI=1S/C25H32N4O3/c1-3-4-5-12-23(30)27-20-9-6-8-19(15-20)26-16-24(31)28-21-10-7-11-22(17(21)2)29-25(32)18-13-14-18/h6-11,15,18,26H,3-5,12-14,16H2,1-2H3,(H,27,30)(H,28,31)(H,29,32). The molecule has 0 radical (unpaired) electrons. The molecule has 7 nitrogen and oxygen atoms in total. The highest BCUT2D eigenvalue weighted by Gasteiger charge is 2.29. The van der Waals surface area contributed by atoms with Crippen molar-refractivity contribution in [1.29, 1.82) is 0 Å². The van der Waals surface area contributed by atoms with Gasteiger partial charge < -0.3 is 21.3 Å². The number of rotatable bonds is 11. The Hall–Kier alpha value is -3.35. The largest absolute Gasteiger partial charge is 0.376 e. The van der Waals surface area contributed by atoms with Crippen molar-refractivity contribution in [2.75, 3.05) is 27.8 Å². The number of unbranched alkanes of at least 4 members (excludes halogenated alkanes) is 2. The summed E-state index contributed by atoms with van der Waals surface area (Å²) >= 11 is 0. The van der Waals surface area contributed by atoms with Gasteiger partial charge in [-0.2, -0.15) is 0 Å². The average molecular weight is 437 g/mol. The Kier molecular flexibility index (Phi) is 8.25. The Morgan fingerprint density at radius 3 is 2.28 bits per heavy atom. The fourth-order valence-corrected chi connectivity index (χ4v) is 3.33. The lowest BCUT2D eigenvalue weighted by molar-refractivity contribution is -0.117. The quantitative estimate of drug-likeness (QED) is 0.376. The molecule has 2 aromatic rings. The van der Waals surface area contributed by atoms with Crippen LogP contribution in [0, 0.1) is 12.8 Å². The third-order valence-corrected chi connectivity index (χ3v) is 5.42. The van der Waals surface area contributed by atoms with E-state index in [2.05, 4.69) is 28.2 Å². The van der Waals surface area contributed by atoms with Crippen molar-refractivity contribution in [3.05, 3.63) is 48.0 Å². The third-order valence-electron chi connectivity index (χ3n) is 5.42. The molecule has 3 rings (SSSR count). The molecule has 32 heavy (non-hydrogen) atoms. The summed E-state index contributed by atoms with van der Waals surface area (Å²) in [6.07, 6.45) is 5.39. The summed E-state index contributed by atoms with van der Waals surface area (Å²) in [5, 5.41) is 11.8. The summed E-state index contributed by atoms with van der Waals surface area (Å²) < 4.78 is 0. The molecule has 1 fully saturated rings. The molecule has 1 aliphatic rings. The van der Waals surface area contributed by atoms with Crippen LogP contribution in [0.2, 0.25) is 0 Å². The first kappa shape index (κ1) is 23.3. The van der Waals surface area contributed by atoms with Crippen molar-refractivity contribution in [2.45, 2.75) is 52.4 Å². The van der Waals surface area contributed by atoms with Crippen LogP contribution in [0.15, 0.2) is 42.5 Å². The highest BCUT2D eigenvalue weighted by atomic mass is 16.2. The van der Waals surface area contributed by atoms with Gasteiger partial charge in [0.15, 0.2) is 0 Å². The molecule has 0 saturated heterocycles. The van der Waals surface area contributed by atoms with E-state index in [0.717, 1.165) is 49.0 Å². The predicted octanol–water partition coefficient (Wildman–Crippen LogP) is 4.91. The van der Waals surface area contributed by atoms with E-state index < -0.39 is 0 Å². The van der Waals surface area contributed by atoms with Gasteiger partial charge in [0.2, 0.25) is 17.7 Å². The average Bonchev–Trinajstić information content (AvgIpc) is 3.61. The van der Waals surface area contributed by atoms with Gasteiger partial charge in [-0.25, -0.2) is 0 Å². The first-order valence-electron chi connectivity index (χ1n) is 11.3. The number of hydrogen-bond acceptors (Lipinski definition) is 4. The van der Waals surface area contributed by atoms with Gasteiger partial charge in [-0.05, 0) is 62.1 Å². The van der Waals surface area contributed by atoms with Crippen LogP contribution in [-0.2, 0) is 14.4 Å². The van der Waals surface area contributed by atoms with Gasteiger partial charge in [-0.3, -0.25) is 14.4 Å². The topological polar surface area (TPSA) is 99.3 Å². The van der Waals surface area contributed by atoms with Gasteiger partial charge >= 0.3 is 0 Å². The molecule has 0 aliphatic heterocycles. The van der Waals surface area contributed by atoms with Crippen molar-refractivity contribution in [3.63, 3.8) is 0 Å². The predicted molar refractivity (Wildman–Crippen MR) is 129 cm³/mol. The number of carbonyl (C=O) groups is 3. The summed E-state index contributed by atoms with van der Waals surface area (Å²) in [5.74, 6) is -0.0467. The number of hydrogen-bond donors (Lipinski definition) is 4. The van der Waals surface area contributed by atoms with E-state index in [4.69, 9.17) is 0 Å². The highest BCUT2D eigenvalue weighted by Crippen LogP contribution is 2.31. The summed E-state index contributed by atoms with van der Waals surface area (Å²) in [6, 6.07) is 12.8. The van der Waals surface area contributed by atoms with Gasteiger partial charge in [0, 0.05) is 35.1 Å². The number of carbonyl (C=O) groups excluding carboxylic acids is 3. The van der Waals surface area contributed by atoms with Crippen LogP contribution in [0.25, 0.3) is 0 Å². The van der Waals surface area contributed by atoms with Crippen molar-refractivity contribution in [1.82, 2.24) is 0 Å². The van der Waals surface area contributed by atoms with E-state index in [9.17, 15) is 14.4 Å². The SMILES string of the molecule is CCCCCC(=O)Nc1cccc(NCC(=O)Nc2cccc(NC(=O)C3CC3)c2C)c1. The Bertz CT molecular complexity index is 969. The number of nitrogens with one attached hydrogen (secondary N) is 4. The molecular formula is C25H32N4O3. The van der Waals surface area contributed by atoms with Crippen LogP contribution in [0.1, 0.15) is 51.0 Å². The Morgan fingerprint density at radius 2 is 1.56 bits per heavy atom. The first-order chi connectivity index (χ1) is 15.5. The molecule has 0 atom stereocenters. The van der Waals surface area contributed by atoms with Crippen molar-refractivity contribution < 1.29 is 14.4 Å². The summed E-state index contributed by atoms with van der Waals surface area (Å²) in [6.45, 7) is 4.05. The molecule has 0 heterocycles. The Balaban J connectivity index is 1.50. The maximum absolute atomic E-state index is 12.5. The highest BCUT2D eigenvalue weighted by molar-refractivity contribution is 5.98. The molecule has 0 aromatic heterocycles. The van der Waals surface area contributed by atoms with Crippen LogP contribution in [0.4, 0.5) is 22.7 Å². The van der Waals surface area contributed by atoms with Crippen LogP contribution >= 0.6 is 0 Å². The molecule has 0 spiro atoms. The molecule has 1 aliphatic carbocycles. The van der Waals surface area contributed by atoms with Gasteiger partial charge in [-0.1, -0.05) is 31.9 Å². The van der Waals surface area contributed by atoms with E-state index in [1.807, 2.05) is 49.4 Å². The van der Waals surface area contributed by atoms with E-state index in [1.54, 1.807) is 0 Å². The lowest BCUT2D eigenvalue weighted by atomic mass is 10.1. The minimum Gasteiger partial charge on any atom is -0.376 e. The normalized spacial score (nSPS) is 12.7. The molecule has 0 unspecified atom stereocenters. The molecule has 170 valence electrons. The van der Waals surface area contributed by atoms with Crippen LogP contribution in [0.3, 0.4) is 0 Å². The summed E-state index contributed by atoms with van der Waals surface area (Å²) in [5.41, 5.74) is 3.65. The second kappa shape index (κ2) is 11.3. The van der Waals surface area contributed by atoms with E-state index in [-0.39, 0.29) is 30.2 Å². The van der Waals surface area contributed by atoms with E-state index in [1.165, 1.54) is 0 Å². The lowest BCUT2D eigenvalue weighted by Gasteiger charge is -2.14. The fourth-order valence-electron chi connectivity index (χ4n) is 3.33. The van der Waals surface area contributed by atoms with Crippen LogP contribution in [0.5, 0.6) is 0 Å². The molecule has 3 amide bonds. The van der Waals surface area contributed by atoms with Gasteiger partial charge in [0.05, 0.1) is 6.54 Å². The lowest BCUT2D eigenvalue weighted by Crippen LogP contribution is -2.22. The zero-order valence-corrected chi connectivity index (χ0v) is 18.8. The molecule has 2 aromatic carbocycles. The summed E-state index contributed by atoms with van der Waals surface area (Å²) in [7, 11) is 0. The van der Waals surface area contributed by atoms with Gasteiger partial charge in [0.25, 0.3) is 0 Å². The second-order valence-corrected chi connectivity index (χ2v) is 8.23. The van der Waals surface area contributed by atoms with E-state index in [0.29, 0.717) is 17.8 Å². The molecule has 7 heteroatoms. The smallest absolute Gasteiger partial charge is 0.243 e. The van der Waals surface area contributed by atoms with Gasteiger partial charge in [-0.15, -0.1) is 0 Å². The maximum atomic E-state index is 12.5. The first-order valence-corrected chi connectivity index (χ1v) is 11.3. The minimum atomic E-state index is -0.201. The molecular weight excluding hydrogens is 404 g/mol. The zero-order chi connectivity index (χ0) is 22.9. The van der Waals surface area contributed by atoms with Crippen LogP contribution < -0.4 is 21.3 Å². The monoisotopic (exact) mass is 436 g/mol. The number of amides is 3.